The number of imidazole rings is 1. The fraction of sp³-hybridized carbons (Fsp3) is 0.280. The number of nitrogens with zero attached hydrogens (tertiary/aromatic N) is 4. The van der Waals surface area contributed by atoms with Gasteiger partial charge in [0.25, 0.3) is 6.43 Å². The number of alkyl halides is 2. The Morgan fingerprint density at radius 2 is 1.71 bits per heavy atom. The number of rotatable bonds is 5. The van der Waals surface area contributed by atoms with Gasteiger partial charge in [-0.15, -0.1) is 0 Å². The van der Waals surface area contributed by atoms with Gasteiger partial charge >= 0.3 is 0 Å². The molecule has 0 spiro atoms. The number of halogens is 2. The third kappa shape index (κ3) is 3.35. The van der Waals surface area contributed by atoms with Crippen molar-refractivity contribution in [3.63, 3.8) is 0 Å². The van der Waals surface area contributed by atoms with E-state index in [1.165, 1.54) is 0 Å². The van der Waals surface area contributed by atoms with Crippen LogP contribution in [0.2, 0.25) is 0 Å². The summed E-state index contributed by atoms with van der Waals surface area (Å²) in [5, 5.41) is 17.2. The highest BCUT2D eigenvalue weighted by Crippen LogP contribution is 2.45. The molecule has 0 saturated carbocycles. The molecule has 1 aliphatic rings. The summed E-state index contributed by atoms with van der Waals surface area (Å²) in [4.78, 5) is 15.9. The molecule has 4 heterocycles. The largest absolute Gasteiger partial charge is 0.373 e. The number of aryl methyl sites for hydroxylation is 2. The Morgan fingerprint density at radius 3 is 2.21 bits per heavy atom. The van der Waals surface area contributed by atoms with Crippen molar-refractivity contribution in [1.29, 1.82) is 0 Å². The number of aliphatic hydroxyl groups is 1. The molecule has 7 nitrogen and oxygen atoms in total. The molecule has 174 valence electrons. The summed E-state index contributed by atoms with van der Waals surface area (Å²) in [5.74, 6) is -0.540. The first-order valence-electron chi connectivity index (χ1n) is 10.9. The molecule has 1 aliphatic carbocycles. The lowest BCUT2D eigenvalue weighted by atomic mass is 9.70. The van der Waals surface area contributed by atoms with Gasteiger partial charge in [0.15, 0.2) is 11.4 Å². The summed E-state index contributed by atoms with van der Waals surface area (Å²) in [7, 11) is 0. The first-order chi connectivity index (χ1) is 16.3. The molecule has 2 atom stereocenters. The molecule has 5 rings (SSSR count). The topological polar surface area (TPSA) is 101 Å². The fourth-order valence-corrected chi connectivity index (χ4v) is 4.92. The van der Waals surface area contributed by atoms with Crippen LogP contribution in [-0.4, -0.2) is 30.2 Å². The van der Waals surface area contributed by atoms with Crippen LogP contribution in [0.15, 0.2) is 53.3 Å². The Hall–Kier alpha value is -3.72. The van der Waals surface area contributed by atoms with E-state index in [1.54, 1.807) is 48.8 Å². The molecule has 34 heavy (non-hydrogen) atoms. The number of nitrogens with one attached hydrogen (secondary N) is 1. The Labute approximate surface area is 193 Å². The van der Waals surface area contributed by atoms with Gasteiger partial charge in [0.2, 0.25) is 0 Å². The zero-order valence-electron chi connectivity index (χ0n) is 18.8. The molecule has 2 N–H and O–H groups in total. The maximum Gasteiger partial charge on any atom is 0.295 e. The fourth-order valence-electron chi connectivity index (χ4n) is 4.92. The summed E-state index contributed by atoms with van der Waals surface area (Å²) in [5.41, 5.74) is 0.784. The molecule has 0 fully saturated rings. The van der Waals surface area contributed by atoms with Gasteiger partial charge in [0.1, 0.15) is 5.76 Å². The van der Waals surface area contributed by atoms with Gasteiger partial charge in [-0.1, -0.05) is 30.3 Å². The quantitative estimate of drug-likeness (QED) is 0.472. The Balaban J connectivity index is 1.88. The van der Waals surface area contributed by atoms with E-state index >= 15 is 0 Å². The molecule has 2 unspecified atom stereocenters. The van der Waals surface area contributed by atoms with E-state index in [1.807, 2.05) is 26.8 Å². The highest BCUT2D eigenvalue weighted by molar-refractivity contribution is 5.68. The molecule has 9 heteroatoms. The molecule has 0 aromatic carbocycles. The Kier molecular flexibility index (Phi) is 5.36. The number of pyridine rings is 2. The third-order valence-corrected chi connectivity index (χ3v) is 6.44. The number of aromatic amines is 1. The number of H-pyrrole nitrogens is 1. The van der Waals surface area contributed by atoms with Crippen LogP contribution in [0.5, 0.6) is 0 Å². The normalized spacial score (nSPS) is 18.1. The van der Waals surface area contributed by atoms with Crippen LogP contribution in [-0.2, 0) is 5.60 Å². The lowest BCUT2D eigenvalue weighted by Crippen LogP contribution is -2.45. The summed E-state index contributed by atoms with van der Waals surface area (Å²) in [6.07, 6.45) is 2.20. The van der Waals surface area contributed by atoms with Crippen molar-refractivity contribution in [3.8, 4) is 0 Å². The van der Waals surface area contributed by atoms with Crippen molar-refractivity contribution in [2.24, 2.45) is 5.92 Å². The zero-order valence-corrected chi connectivity index (χ0v) is 18.8. The van der Waals surface area contributed by atoms with E-state index in [4.69, 9.17) is 4.52 Å². The summed E-state index contributed by atoms with van der Waals surface area (Å²) < 4.78 is 32.8. The Morgan fingerprint density at radius 1 is 1.06 bits per heavy atom. The lowest BCUT2D eigenvalue weighted by molar-refractivity contribution is 0.124. The van der Waals surface area contributed by atoms with Crippen molar-refractivity contribution in [1.82, 2.24) is 25.1 Å². The second-order valence-corrected chi connectivity index (χ2v) is 8.46. The van der Waals surface area contributed by atoms with Crippen LogP contribution < -0.4 is 10.7 Å². The van der Waals surface area contributed by atoms with Crippen molar-refractivity contribution in [2.75, 3.05) is 0 Å². The highest BCUT2D eigenvalue weighted by atomic mass is 19.3. The minimum absolute atomic E-state index is 0.268. The standard InChI is InChI=1S/C25H23F2N5O2/c1-13-16(20-14(2)32-34-15(20)3)12-17-22(31-24(30-17)23(26)27)21(13)25(33,18-8-4-6-10-28-18)19-9-5-7-11-29-19/h4-13,16,23,33H,1-3H3,(H,30,31). The SMILES string of the molecule is Cc1noc(C)c1C1C=c2[nH]c(C(F)F)nc2=C(C(O)(c2ccccn2)c2ccccn2)C1C. The molecule has 0 amide bonds. The maximum atomic E-state index is 13.7. The highest BCUT2D eigenvalue weighted by Gasteiger charge is 2.46. The first-order valence-corrected chi connectivity index (χ1v) is 10.9. The van der Waals surface area contributed by atoms with Crippen LogP contribution in [0.4, 0.5) is 8.78 Å². The van der Waals surface area contributed by atoms with Crippen molar-refractivity contribution in [3.05, 3.63) is 93.7 Å². The van der Waals surface area contributed by atoms with E-state index in [-0.39, 0.29) is 17.2 Å². The van der Waals surface area contributed by atoms with Crippen molar-refractivity contribution < 1.29 is 18.4 Å². The van der Waals surface area contributed by atoms with Gasteiger partial charge in [-0.25, -0.2) is 13.8 Å². The third-order valence-electron chi connectivity index (χ3n) is 6.44. The second-order valence-electron chi connectivity index (χ2n) is 8.46. The first kappa shape index (κ1) is 22.1. The summed E-state index contributed by atoms with van der Waals surface area (Å²) in [6.45, 7) is 5.58. The van der Waals surface area contributed by atoms with Crippen LogP contribution in [0, 0.1) is 19.8 Å². The van der Waals surface area contributed by atoms with Gasteiger partial charge in [0.05, 0.1) is 27.8 Å². The molecule has 0 saturated heterocycles. The minimum Gasteiger partial charge on any atom is -0.373 e. The predicted molar refractivity (Wildman–Crippen MR) is 120 cm³/mol. The molecular weight excluding hydrogens is 440 g/mol. The molecular formula is C25H23F2N5O2. The minimum atomic E-state index is -2.80. The molecule has 0 aliphatic heterocycles. The molecule has 0 radical (unpaired) electrons. The molecule has 0 bridgehead atoms. The van der Waals surface area contributed by atoms with Crippen LogP contribution in [0.3, 0.4) is 0 Å². The summed E-state index contributed by atoms with van der Waals surface area (Å²) in [6, 6.07) is 10.4. The number of hydrogen-bond acceptors (Lipinski definition) is 6. The second kappa shape index (κ2) is 8.25. The average molecular weight is 463 g/mol. The van der Waals surface area contributed by atoms with E-state index in [0.717, 1.165) is 5.56 Å². The van der Waals surface area contributed by atoms with Crippen LogP contribution >= 0.6 is 0 Å². The number of hydrogen-bond donors (Lipinski definition) is 2. The lowest BCUT2D eigenvalue weighted by Gasteiger charge is -2.36. The number of aromatic nitrogens is 5. The van der Waals surface area contributed by atoms with Gasteiger partial charge in [0, 0.05) is 29.4 Å². The van der Waals surface area contributed by atoms with Crippen LogP contribution in [0.25, 0.3) is 11.6 Å². The monoisotopic (exact) mass is 463 g/mol. The van der Waals surface area contributed by atoms with E-state index < -0.39 is 17.9 Å². The zero-order chi connectivity index (χ0) is 24.0. The molecule has 4 aromatic rings. The van der Waals surface area contributed by atoms with Gasteiger partial charge in [-0.05, 0) is 44.0 Å². The molecule has 4 aromatic heterocycles. The maximum absolute atomic E-state index is 13.7. The Bertz CT molecular complexity index is 1390. The van der Waals surface area contributed by atoms with Gasteiger partial charge < -0.3 is 14.6 Å². The summed E-state index contributed by atoms with van der Waals surface area (Å²) >= 11 is 0. The van der Waals surface area contributed by atoms with E-state index in [2.05, 4.69) is 25.1 Å². The smallest absolute Gasteiger partial charge is 0.295 e. The number of fused-ring (bicyclic) bond motifs is 1. The van der Waals surface area contributed by atoms with Gasteiger partial charge in [-0.2, -0.15) is 0 Å². The van der Waals surface area contributed by atoms with E-state index in [9.17, 15) is 13.9 Å². The van der Waals surface area contributed by atoms with Crippen molar-refractivity contribution in [2.45, 2.75) is 38.7 Å². The van der Waals surface area contributed by atoms with Crippen molar-refractivity contribution >= 4 is 11.6 Å². The predicted octanol–water partition coefficient (Wildman–Crippen LogP) is 3.04. The average Bonchev–Trinajstić information content (AvgIpc) is 3.42. The van der Waals surface area contributed by atoms with Gasteiger partial charge in [-0.3, -0.25) is 9.97 Å². The van der Waals surface area contributed by atoms with Crippen LogP contribution in [0.1, 0.15) is 53.5 Å². The van der Waals surface area contributed by atoms with E-state index in [0.29, 0.717) is 33.8 Å².